The highest BCUT2D eigenvalue weighted by molar-refractivity contribution is 7.98. The molecule has 3 aromatic rings. The zero-order valence-corrected chi connectivity index (χ0v) is 15.5. The minimum atomic E-state index is 0.0760. The number of rotatable bonds is 9. The van der Waals surface area contributed by atoms with Crippen LogP contribution in [0, 0.1) is 0 Å². The standard InChI is InChI=1S/C22H23NO2S/c24-22(13-16-26-17-18-7-2-1-3-8-18)23-14-15-25-21-12-6-10-19-9-4-5-11-20(19)21/h1-12H,13-17H2,(H,23,24). The van der Waals surface area contributed by atoms with Crippen molar-refractivity contribution in [2.24, 2.45) is 0 Å². The van der Waals surface area contributed by atoms with Gasteiger partial charge in [-0.2, -0.15) is 11.8 Å². The number of fused-ring (bicyclic) bond motifs is 1. The van der Waals surface area contributed by atoms with Gasteiger partial charge in [-0.1, -0.05) is 66.7 Å². The van der Waals surface area contributed by atoms with Gasteiger partial charge in [0.1, 0.15) is 12.4 Å². The summed E-state index contributed by atoms with van der Waals surface area (Å²) in [6, 6.07) is 24.5. The topological polar surface area (TPSA) is 38.3 Å². The predicted octanol–water partition coefficient (Wildman–Crippen LogP) is 4.66. The second kappa shape index (κ2) is 9.88. The van der Waals surface area contributed by atoms with Crippen molar-refractivity contribution in [1.82, 2.24) is 5.32 Å². The number of amides is 1. The first-order chi connectivity index (χ1) is 12.8. The summed E-state index contributed by atoms with van der Waals surface area (Å²) in [6.45, 7) is 0.988. The van der Waals surface area contributed by atoms with Crippen LogP contribution in [0.25, 0.3) is 10.8 Å². The van der Waals surface area contributed by atoms with Crippen LogP contribution in [0.5, 0.6) is 5.75 Å². The van der Waals surface area contributed by atoms with Gasteiger partial charge in [-0.3, -0.25) is 4.79 Å². The first kappa shape index (κ1) is 18.3. The molecule has 0 bridgehead atoms. The first-order valence-electron chi connectivity index (χ1n) is 8.82. The van der Waals surface area contributed by atoms with Crippen LogP contribution in [0.15, 0.2) is 72.8 Å². The Morgan fingerprint density at radius 3 is 2.58 bits per heavy atom. The predicted molar refractivity (Wildman–Crippen MR) is 110 cm³/mol. The summed E-state index contributed by atoms with van der Waals surface area (Å²) < 4.78 is 5.83. The van der Waals surface area contributed by atoms with Gasteiger partial charge in [-0.15, -0.1) is 0 Å². The first-order valence-corrected chi connectivity index (χ1v) is 9.97. The second-order valence-corrected chi connectivity index (χ2v) is 7.07. The van der Waals surface area contributed by atoms with Gasteiger partial charge in [0.25, 0.3) is 0 Å². The molecule has 3 rings (SSSR count). The van der Waals surface area contributed by atoms with E-state index < -0.39 is 0 Å². The average molecular weight is 365 g/mol. The second-order valence-electron chi connectivity index (χ2n) is 5.96. The van der Waals surface area contributed by atoms with Crippen LogP contribution in [0.3, 0.4) is 0 Å². The Morgan fingerprint density at radius 1 is 0.923 bits per heavy atom. The average Bonchev–Trinajstić information content (AvgIpc) is 2.69. The van der Waals surface area contributed by atoms with E-state index in [1.54, 1.807) is 11.8 Å². The lowest BCUT2D eigenvalue weighted by Gasteiger charge is -2.10. The van der Waals surface area contributed by atoms with E-state index in [9.17, 15) is 4.79 Å². The van der Waals surface area contributed by atoms with E-state index in [0.717, 1.165) is 28.0 Å². The summed E-state index contributed by atoms with van der Waals surface area (Å²) in [5.74, 6) is 2.70. The molecule has 0 aliphatic rings. The van der Waals surface area contributed by atoms with Crippen LogP contribution >= 0.6 is 11.8 Å². The largest absolute Gasteiger partial charge is 0.491 e. The van der Waals surface area contributed by atoms with Gasteiger partial charge in [-0.05, 0) is 17.0 Å². The zero-order valence-electron chi connectivity index (χ0n) is 14.7. The summed E-state index contributed by atoms with van der Waals surface area (Å²) in [4.78, 5) is 11.9. The van der Waals surface area contributed by atoms with Gasteiger partial charge in [0, 0.05) is 23.3 Å². The number of benzene rings is 3. The summed E-state index contributed by atoms with van der Waals surface area (Å²) in [5.41, 5.74) is 1.29. The monoisotopic (exact) mass is 365 g/mol. The molecule has 1 amide bonds. The number of hydrogen-bond donors (Lipinski definition) is 1. The lowest BCUT2D eigenvalue weighted by molar-refractivity contribution is -0.120. The lowest BCUT2D eigenvalue weighted by atomic mass is 10.1. The number of carbonyl (C=O) groups is 1. The molecular weight excluding hydrogens is 342 g/mol. The molecule has 1 N–H and O–H groups in total. The van der Waals surface area contributed by atoms with Crippen molar-refractivity contribution >= 4 is 28.4 Å². The summed E-state index contributed by atoms with van der Waals surface area (Å²) in [7, 11) is 0. The van der Waals surface area contributed by atoms with Crippen LogP contribution in [0.4, 0.5) is 0 Å². The fourth-order valence-corrected chi connectivity index (χ4v) is 3.59. The SMILES string of the molecule is O=C(CCSCc1ccccc1)NCCOc1cccc2ccccc12. The van der Waals surface area contributed by atoms with Gasteiger partial charge in [0.05, 0.1) is 6.54 Å². The molecule has 3 nitrogen and oxygen atoms in total. The van der Waals surface area contributed by atoms with Crippen LogP contribution in [-0.2, 0) is 10.5 Å². The molecule has 134 valence electrons. The maximum absolute atomic E-state index is 11.9. The van der Waals surface area contributed by atoms with Crippen molar-refractivity contribution in [3.63, 3.8) is 0 Å². The Bertz CT molecular complexity index is 830. The maximum atomic E-state index is 11.9. The Hall–Kier alpha value is -2.46. The molecule has 0 radical (unpaired) electrons. The number of thioether (sulfide) groups is 1. The minimum absolute atomic E-state index is 0.0760. The molecule has 0 saturated carbocycles. The third-order valence-electron chi connectivity index (χ3n) is 4.02. The quantitative estimate of drug-likeness (QED) is 0.561. The van der Waals surface area contributed by atoms with Crippen molar-refractivity contribution in [2.75, 3.05) is 18.9 Å². The van der Waals surface area contributed by atoms with E-state index in [2.05, 4.69) is 29.6 Å². The van der Waals surface area contributed by atoms with Gasteiger partial charge in [0.2, 0.25) is 5.91 Å². The van der Waals surface area contributed by atoms with Crippen LogP contribution in [0.1, 0.15) is 12.0 Å². The lowest BCUT2D eigenvalue weighted by Crippen LogP contribution is -2.28. The summed E-state index contributed by atoms with van der Waals surface area (Å²) in [5, 5.41) is 5.18. The maximum Gasteiger partial charge on any atom is 0.220 e. The molecule has 0 unspecified atom stereocenters. The van der Waals surface area contributed by atoms with Gasteiger partial charge < -0.3 is 10.1 Å². The molecule has 0 fully saturated rings. The Balaban J connectivity index is 1.32. The normalized spacial score (nSPS) is 10.6. The molecule has 0 aromatic heterocycles. The smallest absolute Gasteiger partial charge is 0.220 e. The van der Waals surface area contributed by atoms with Gasteiger partial charge in [-0.25, -0.2) is 0 Å². The van der Waals surface area contributed by atoms with Crippen molar-refractivity contribution in [1.29, 1.82) is 0 Å². The fraction of sp³-hybridized carbons (Fsp3) is 0.227. The molecule has 0 aliphatic heterocycles. The van der Waals surface area contributed by atoms with Gasteiger partial charge in [0.15, 0.2) is 0 Å². The summed E-state index contributed by atoms with van der Waals surface area (Å²) in [6.07, 6.45) is 0.533. The molecule has 0 saturated heterocycles. The highest BCUT2D eigenvalue weighted by Crippen LogP contribution is 2.24. The number of ether oxygens (including phenoxy) is 1. The molecule has 26 heavy (non-hydrogen) atoms. The minimum Gasteiger partial charge on any atom is -0.491 e. The van der Waals surface area contributed by atoms with Crippen LogP contribution in [-0.4, -0.2) is 24.8 Å². The van der Waals surface area contributed by atoms with E-state index in [4.69, 9.17) is 4.74 Å². The molecule has 0 heterocycles. The Morgan fingerprint density at radius 2 is 1.69 bits per heavy atom. The third kappa shape index (κ3) is 5.53. The number of carbonyl (C=O) groups excluding carboxylic acids is 1. The molecule has 0 atom stereocenters. The molecular formula is C22H23NO2S. The van der Waals surface area contributed by atoms with Crippen molar-refractivity contribution in [3.05, 3.63) is 78.4 Å². The van der Waals surface area contributed by atoms with E-state index in [-0.39, 0.29) is 5.91 Å². The van der Waals surface area contributed by atoms with E-state index >= 15 is 0 Å². The van der Waals surface area contributed by atoms with Crippen molar-refractivity contribution < 1.29 is 9.53 Å². The van der Waals surface area contributed by atoms with E-state index in [1.165, 1.54) is 5.56 Å². The van der Waals surface area contributed by atoms with Crippen LogP contribution < -0.4 is 10.1 Å². The molecule has 4 heteroatoms. The number of hydrogen-bond acceptors (Lipinski definition) is 3. The summed E-state index contributed by atoms with van der Waals surface area (Å²) >= 11 is 1.78. The molecule has 0 aliphatic carbocycles. The van der Waals surface area contributed by atoms with Crippen molar-refractivity contribution in [3.8, 4) is 5.75 Å². The third-order valence-corrected chi connectivity index (χ3v) is 5.05. The van der Waals surface area contributed by atoms with Gasteiger partial charge >= 0.3 is 0 Å². The Labute approximate surface area is 158 Å². The van der Waals surface area contributed by atoms with E-state index in [1.807, 2.05) is 48.5 Å². The highest BCUT2D eigenvalue weighted by Gasteiger charge is 2.03. The molecule has 3 aromatic carbocycles. The zero-order chi connectivity index (χ0) is 18.0. The fourth-order valence-electron chi connectivity index (χ4n) is 2.69. The number of nitrogens with one attached hydrogen (secondary N) is 1. The van der Waals surface area contributed by atoms with Crippen LogP contribution in [0.2, 0.25) is 0 Å². The highest BCUT2D eigenvalue weighted by atomic mass is 32.2. The van der Waals surface area contributed by atoms with Crippen molar-refractivity contribution in [2.45, 2.75) is 12.2 Å². The molecule has 0 spiro atoms. The Kier molecular flexibility index (Phi) is 6.96. The van der Waals surface area contributed by atoms with E-state index in [0.29, 0.717) is 19.6 Å².